The van der Waals surface area contributed by atoms with E-state index < -0.39 is 0 Å². The quantitative estimate of drug-likeness (QED) is 0.913. The van der Waals surface area contributed by atoms with Crippen molar-refractivity contribution in [3.8, 4) is 0 Å². The molecule has 1 aromatic carbocycles. The summed E-state index contributed by atoms with van der Waals surface area (Å²) in [4.78, 5) is 16.9. The summed E-state index contributed by atoms with van der Waals surface area (Å²) in [7, 11) is 0. The Labute approximate surface area is 132 Å². The van der Waals surface area contributed by atoms with E-state index in [0.717, 1.165) is 37.5 Å². The van der Waals surface area contributed by atoms with Gasteiger partial charge in [-0.15, -0.1) is 0 Å². The Hall–Kier alpha value is -1.75. The number of carbonyl (C=O) groups excluding carboxylic acids is 1. The third-order valence-electron chi connectivity index (χ3n) is 4.54. The Bertz CT molecular complexity index is 514. The van der Waals surface area contributed by atoms with Crippen LogP contribution in [0.4, 0.5) is 16.2 Å². The summed E-state index contributed by atoms with van der Waals surface area (Å²) in [5.41, 5.74) is 2.04. The van der Waals surface area contributed by atoms with Crippen LogP contribution in [0.25, 0.3) is 0 Å². The second-order valence-electron chi connectivity index (χ2n) is 6.08. The molecule has 2 heterocycles. The van der Waals surface area contributed by atoms with Crippen LogP contribution in [-0.2, 0) is 4.74 Å². The van der Waals surface area contributed by atoms with Crippen molar-refractivity contribution in [1.29, 1.82) is 0 Å². The summed E-state index contributed by atoms with van der Waals surface area (Å²) in [6.45, 7) is 6.22. The Morgan fingerprint density at radius 1 is 1.18 bits per heavy atom. The van der Waals surface area contributed by atoms with E-state index >= 15 is 0 Å². The van der Waals surface area contributed by atoms with Gasteiger partial charge in [0.05, 0.1) is 18.0 Å². The number of carbonyl (C=O) groups is 1. The summed E-state index contributed by atoms with van der Waals surface area (Å²) in [5.74, 6) is 0. The van der Waals surface area contributed by atoms with E-state index in [1.165, 1.54) is 12.8 Å². The van der Waals surface area contributed by atoms with Crippen molar-refractivity contribution in [3.63, 3.8) is 0 Å². The highest BCUT2D eigenvalue weighted by Crippen LogP contribution is 2.29. The lowest BCUT2D eigenvalue weighted by Gasteiger charge is -2.28. The number of hydrogen-bond acceptors (Lipinski definition) is 3. The Balaban J connectivity index is 1.73. The number of anilines is 2. The number of nitrogens with one attached hydrogen (secondary N) is 1. The SMILES string of the molecule is C[C@H]1CCOCCN1C(=O)Nc1ccccc1N1CCCC1. The number of rotatable bonds is 2. The molecule has 2 aliphatic heterocycles. The number of benzene rings is 1. The van der Waals surface area contributed by atoms with Crippen molar-refractivity contribution in [2.24, 2.45) is 0 Å². The molecule has 120 valence electrons. The third-order valence-corrected chi connectivity index (χ3v) is 4.54. The standard InChI is InChI=1S/C17H25N3O2/c1-14-8-12-22-13-11-20(14)17(21)18-15-6-2-3-7-16(15)19-9-4-5-10-19/h2-3,6-7,14H,4-5,8-13H2,1H3,(H,18,21)/t14-/m0/s1. The first-order valence-corrected chi connectivity index (χ1v) is 8.25. The molecule has 5 heteroatoms. The fourth-order valence-corrected chi connectivity index (χ4v) is 3.20. The predicted octanol–water partition coefficient (Wildman–Crippen LogP) is 2.93. The van der Waals surface area contributed by atoms with Gasteiger partial charge in [-0.3, -0.25) is 0 Å². The molecule has 3 rings (SSSR count). The highest BCUT2D eigenvalue weighted by atomic mass is 16.5. The van der Waals surface area contributed by atoms with Crippen molar-refractivity contribution in [1.82, 2.24) is 4.90 Å². The van der Waals surface area contributed by atoms with Gasteiger partial charge >= 0.3 is 6.03 Å². The molecule has 22 heavy (non-hydrogen) atoms. The molecule has 0 saturated carbocycles. The van der Waals surface area contributed by atoms with Gasteiger partial charge in [-0.05, 0) is 38.3 Å². The van der Waals surface area contributed by atoms with Gasteiger partial charge in [0.25, 0.3) is 0 Å². The van der Waals surface area contributed by atoms with Crippen molar-refractivity contribution in [2.45, 2.75) is 32.2 Å². The number of amides is 2. The maximum Gasteiger partial charge on any atom is 0.322 e. The Morgan fingerprint density at radius 2 is 1.95 bits per heavy atom. The number of nitrogens with zero attached hydrogens (tertiary/aromatic N) is 2. The zero-order valence-corrected chi connectivity index (χ0v) is 13.3. The van der Waals surface area contributed by atoms with Gasteiger partial charge in [0, 0.05) is 32.3 Å². The number of ether oxygens (including phenoxy) is 1. The van der Waals surface area contributed by atoms with Gasteiger partial charge in [0.2, 0.25) is 0 Å². The zero-order valence-electron chi connectivity index (χ0n) is 13.3. The zero-order chi connectivity index (χ0) is 15.4. The first-order valence-electron chi connectivity index (χ1n) is 8.25. The molecule has 0 radical (unpaired) electrons. The molecule has 0 unspecified atom stereocenters. The second kappa shape index (κ2) is 7.01. The van der Waals surface area contributed by atoms with Crippen LogP contribution < -0.4 is 10.2 Å². The summed E-state index contributed by atoms with van der Waals surface area (Å²) < 4.78 is 5.47. The van der Waals surface area contributed by atoms with Crippen molar-refractivity contribution >= 4 is 17.4 Å². The van der Waals surface area contributed by atoms with E-state index in [0.29, 0.717) is 13.2 Å². The molecule has 1 atom stereocenters. The molecule has 0 spiro atoms. The minimum Gasteiger partial charge on any atom is -0.380 e. The van der Waals surface area contributed by atoms with E-state index in [4.69, 9.17) is 4.74 Å². The summed E-state index contributed by atoms with van der Waals surface area (Å²) in [6.07, 6.45) is 3.34. The monoisotopic (exact) mass is 303 g/mol. The maximum atomic E-state index is 12.6. The fraction of sp³-hybridized carbons (Fsp3) is 0.588. The van der Waals surface area contributed by atoms with Crippen molar-refractivity contribution in [3.05, 3.63) is 24.3 Å². The van der Waals surface area contributed by atoms with E-state index in [9.17, 15) is 4.79 Å². The summed E-state index contributed by atoms with van der Waals surface area (Å²) >= 11 is 0. The molecule has 1 aromatic rings. The van der Waals surface area contributed by atoms with Gasteiger partial charge in [0.1, 0.15) is 0 Å². The van der Waals surface area contributed by atoms with Gasteiger partial charge in [-0.1, -0.05) is 12.1 Å². The Kier molecular flexibility index (Phi) is 4.83. The average molecular weight is 303 g/mol. The van der Waals surface area contributed by atoms with Gasteiger partial charge in [-0.25, -0.2) is 4.79 Å². The van der Waals surface area contributed by atoms with Gasteiger partial charge in [0.15, 0.2) is 0 Å². The van der Waals surface area contributed by atoms with Crippen LogP contribution in [0.5, 0.6) is 0 Å². The first-order chi connectivity index (χ1) is 10.8. The second-order valence-corrected chi connectivity index (χ2v) is 6.08. The lowest BCUT2D eigenvalue weighted by molar-refractivity contribution is 0.143. The van der Waals surface area contributed by atoms with Crippen molar-refractivity contribution in [2.75, 3.05) is 43.1 Å². The van der Waals surface area contributed by atoms with E-state index in [1.54, 1.807) is 0 Å². The smallest absolute Gasteiger partial charge is 0.322 e. The highest BCUT2D eigenvalue weighted by Gasteiger charge is 2.23. The normalized spacial score (nSPS) is 22.5. The van der Waals surface area contributed by atoms with Crippen molar-refractivity contribution < 1.29 is 9.53 Å². The summed E-state index contributed by atoms with van der Waals surface area (Å²) in [5, 5.41) is 3.11. The first kappa shape index (κ1) is 15.2. The number of para-hydroxylation sites is 2. The van der Waals surface area contributed by atoms with Crippen LogP contribution in [0.3, 0.4) is 0 Å². The van der Waals surface area contributed by atoms with E-state index in [2.05, 4.69) is 23.2 Å². The highest BCUT2D eigenvalue weighted by molar-refractivity contribution is 5.93. The molecular formula is C17H25N3O2. The largest absolute Gasteiger partial charge is 0.380 e. The van der Waals surface area contributed by atoms with Gasteiger partial charge in [-0.2, -0.15) is 0 Å². The van der Waals surface area contributed by atoms with Crippen LogP contribution >= 0.6 is 0 Å². The number of hydrogen-bond donors (Lipinski definition) is 1. The fourth-order valence-electron chi connectivity index (χ4n) is 3.20. The maximum absolute atomic E-state index is 12.6. The molecule has 0 aromatic heterocycles. The van der Waals surface area contributed by atoms with Crippen LogP contribution in [-0.4, -0.2) is 49.8 Å². The van der Waals surface area contributed by atoms with Crippen LogP contribution in [0.15, 0.2) is 24.3 Å². The van der Waals surface area contributed by atoms with Crippen LogP contribution in [0.1, 0.15) is 26.2 Å². The molecular weight excluding hydrogens is 278 g/mol. The molecule has 2 saturated heterocycles. The van der Waals surface area contributed by atoms with Crippen LogP contribution in [0, 0.1) is 0 Å². The van der Waals surface area contributed by atoms with Gasteiger partial charge < -0.3 is 19.9 Å². The molecule has 5 nitrogen and oxygen atoms in total. The Morgan fingerprint density at radius 3 is 2.77 bits per heavy atom. The lowest BCUT2D eigenvalue weighted by atomic mass is 10.2. The molecule has 2 aliphatic rings. The molecule has 2 fully saturated rings. The molecule has 2 amide bonds. The lowest BCUT2D eigenvalue weighted by Crippen LogP contribution is -2.42. The summed E-state index contributed by atoms with van der Waals surface area (Å²) in [6, 6.07) is 8.28. The third kappa shape index (κ3) is 3.35. The average Bonchev–Trinajstić information content (AvgIpc) is 2.96. The molecule has 1 N–H and O–H groups in total. The topological polar surface area (TPSA) is 44.8 Å². The molecule has 0 bridgehead atoms. The minimum atomic E-state index is -0.0235. The minimum absolute atomic E-state index is 0.0235. The van der Waals surface area contributed by atoms with E-state index in [1.807, 2.05) is 23.1 Å². The molecule has 0 aliphatic carbocycles. The predicted molar refractivity (Wildman–Crippen MR) is 88.5 cm³/mol. The van der Waals surface area contributed by atoms with Crippen LogP contribution in [0.2, 0.25) is 0 Å². The number of urea groups is 1. The van der Waals surface area contributed by atoms with E-state index in [-0.39, 0.29) is 12.1 Å².